The van der Waals surface area contributed by atoms with Crippen LogP contribution in [-0.2, 0) is 10.0 Å². The van der Waals surface area contributed by atoms with Crippen LogP contribution in [0.25, 0.3) is 0 Å². The van der Waals surface area contributed by atoms with Crippen LogP contribution in [-0.4, -0.2) is 26.5 Å². The maximum absolute atomic E-state index is 11.4. The predicted molar refractivity (Wildman–Crippen MR) is 73.6 cm³/mol. The minimum absolute atomic E-state index is 0.0836. The number of hydrogen-bond acceptors (Lipinski definition) is 4. The van der Waals surface area contributed by atoms with Gasteiger partial charge in [0.1, 0.15) is 0 Å². The van der Waals surface area contributed by atoms with E-state index in [2.05, 4.69) is 11.3 Å². The van der Waals surface area contributed by atoms with Crippen LogP contribution >= 0.6 is 11.8 Å². The summed E-state index contributed by atoms with van der Waals surface area (Å²) in [7, 11) is -3.20. The first-order valence-electron chi connectivity index (χ1n) is 5.10. The van der Waals surface area contributed by atoms with Gasteiger partial charge < -0.3 is 5.73 Å². The van der Waals surface area contributed by atoms with Crippen LogP contribution in [0.1, 0.15) is 0 Å². The second-order valence-corrected chi connectivity index (χ2v) is 6.47. The second-order valence-electron chi connectivity index (χ2n) is 3.38. The van der Waals surface area contributed by atoms with Gasteiger partial charge in [0.2, 0.25) is 10.0 Å². The zero-order valence-electron chi connectivity index (χ0n) is 9.43. The first kappa shape index (κ1) is 14.1. The largest absolute Gasteiger partial charge is 0.399 e. The fraction of sp³-hybridized carbons (Fsp3) is 0.273. The Hall–Kier alpha value is -0.980. The highest BCUT2D eigenvalue weighted by atomic mass is 32.2. The fourth-order valence-corrected chi connectivity index (χ4v) is 3.49. The van der Waals surface area contributed by atoms with E-state index in [1.165, 1.54) is 17.8 Å². The molecule has 0 amide bonds. The average molecular weight is 272 g/mol. The van der Waals surface area contributed by atoms with Gasteiger partial charge in [-0.1, -0.05) is 12.1 Å². The van der Waals surface area contributed by atoms with E-state index in [1.807, 2.05) is 18.2 Å². The van der Waals surface area contributed by atoms with Crippen LogP contribution in [0, 0.1) is 0 Å². The number of benzene rings is 1. The molecule has 6 heteroatoms. The van der Waals surface area contributed by atoms with Gasteiger partial charge in [-0.05, 0) is 18.2 Å². The highest BCUT2D eigenvalue weighted by Crippen LogP contribution is 2.19. The Morgan fingerprint density at radius 1 is 1.47 bits per heavy atom. The van der Waals surface area contributed by atoms with Crippen LogP contribution in [0.3, 0.4) is 0 Å². The third-order valence-corrected chi connectivity index (χ3v) is 4.53. The van der Waals surface area contributed by atoms with Crippen LogP contribution in [0.5, 0.6) is 0 Å². The fourth-order valence-electron chi connectivity index (χ4n) is 1.13. The topological polar surface area (TPSA) is 72.2 Å². The van der Waals surface area contributed by atoms with E-state index >= 15 is 0 Å². The summed E-state index contributed by atoms with van der Waals surface area (Å²) in [5, 5.41) is 0. The van der Waals surface area contributed by atoms with Crippen molar-refractivity contribution in [2.45, 2.75) is 4.90 Å². The molecule has 17 heavy (non-hydrogen) atoms. The highest BCUT2D eigenvalue weighted by molar-refractivity contribution is 8.00. The molecule has 0 spiro atoms. The lowest BCUT2D eigenvalue weighted by Gasteiger charge is -2.05. The van der Waals surface area contributed by atoms with E-state index in [9.17, 15) is 8.42 Å². The van der Waals surface area contributed by atoms with Crippen molar-refractivity contribution in [2.24, 2.45) is 0 Å². The van der Waals surface area contributed by atoms with Crippen molar-refractivity contribution in [1.29, 1.82) is 0 Å². The maximum atomic E-state index is 11.4. The number of rotatable bonds is 7. The average Bonchev–Trinajstić information content (AvgIpc) is 2.26. The molecular formula is C11H16N2O2S2. The van der Waals surface area contributed by atoms with Crippen molar-refractivity contribution < 1.29 is 8.42 Å². The molecule has 1 aromatic carbocycles. The number of anilines is 1. The lowest BCUT2D eigenvalue weighted by atomic mass is 10.3. The van der Waals surface area contributed by atoms with Gasteiger partial charge in [0.15, 0.2) is 0 Å². The van der Waals surface area contributed by atoms with Crippen LogP contribution in [0.15, 0.2) is 41.8 Å². The van der Waals surface area contributed by atoms with Crippen LogP contribution < -0.4 is 10.5 Å². The highest BCUT2D eigenvalue weighted by Gasteiger charge is 2.08. The molecule has 0 saturated carbocycles. The molecule has 0 aliphatic carbocycles. The van der Waals surface area contributed by atoms with Crippen molar-refractivity contribution >= 4 is 27.5 Å². The molecule has 0 aliphatic rings. The molecule has 0 radical (unpaired) electrons. The molecule has 4 nitrogen and oxygen atoms in total. The monoisotopic (exact) mass is 272 g/mol. The third kappa shape index (κ3) is 5.76. The van der Waals surface area contributed by atoms with Crippen molar-refractivity contribution in [2.75, 3.05) is 23.8 Å². The first-order valence-corrected chi connectivity index (χ1v) is 7.74. The quantitative estimate of drug-likeness (QED) is 0.448. The molecule has 1 aromatic rings. The molecule has 94 valence electrons. The second kappa shape index (κ2) is 6.68. The molecule has 0 saturated heterocycles. The molecule has 0 bridgehead atoms. The molecule has 0 atom stereocenters. The Morgan fingerprint density at radius 2 is 2.24 bits per heavy atom. The van der Waals surface area contributed by atoms with E-state index in [1.54, 1.807) is 6.07 Å². The normalized spacial score (nSPS) is 11.3. The number of nitrogens with two attached hydrogens (primary N) is 1. The van der Waals surface area contributed by atoms with Gasteiger partial charge in [-0.2, -0.15) is 0 Å². The van der Waals surface area contributed by atoms with Crippen molar-refractivity contribution in [3.05, 3.63) is 36.9 Å². The summed E-state index contributed by atoms with van der Waals surface area (Å²) in [6, 6.07) is 7.38. The molecule has 3 N–H and O–H groups in total. The van der Waals surface area contributed by atoms with Crippen LogP contribution in [0.2, 0.25) is 0 Å². The Kier molecular flexibility index (Phi) is 5.54. The number of nitrogen functional groups attached to an aromatic ring is 1. The van der Waals surface area contributed by atoms with Gasteiger partial charge in [0.25, 0.3) is 0 Å². The minimum atomic E-state index is -3.20. The number of nitrogens with one attached hydrogen (secondary N) is 1. The summed E-state index contributed by atoms with van der Waals surface area (Å²) in [6.07, 6.45) is 1.52. The van der Waals surface area contributed by atoms with Gasteiger partial charge >= 0.3 is 0 Å². The van der Waals surface area contributed by atoms with Gasteiger partial charge in [-0.15, -0.1) is 18.3 Å². The third-order valence-electron chi connectivity index (χ3n) is 1.93. The molecule has 0 unspecified atom stereocenters. The first-order chi connectivity index (χ1) is 8.03. The molecule has 0 aromatic heterocycles. The number of thioether (sulfide) groups is 1. The maximum Gasteiger partial charge on any atom is 0.212 e. The summed E-state index contributed by atoms with van der Waals surface area (Å²) in [5.74, 6) is 0.580. The van der Waals surface area contributed by atoms with Gasteiger partial charge in [0.05, 0.1) is 5.75 Å². The summed E-state index contributed by atoms with van der Waals surface area (Å²) < 4.78 is 25.3. The Labute approximate surface area is 106 Å². The summed E-state index contributed by atoms with van der Waals surface area (Å²) in [6.45, 7) is 3.72. The summed E-state index contributed by atoms with van der Waals surface area (Å²) >= 11 is 1.47. The van der Waals surface area contributed by atoms with Crippen LogP contribution in [0.4, 0.5) is 5.69 Å². The zero-order valence-corrected chi connectivity index (χ0v) is 11.1. The smallest absolute Gasteiger partial charge is 0.212 e. The Balaban J connectivity index is 2.40. The van der Waals surface area contributed by atoms with Gasteiger partial charge in [-0.25, -0.2) is 13.1 Å². The van der Waals surface area contributed by atoms with E-state index in [-0.39, 0.29) is 12.3 Å². The lowest BCUT2D eigenvalue weighted by molar-refractivity contribution is 0.587. The van der Waals surface area contributed by atoms with Gasteiger partial charge in [0, 0.05) is 22.9 Å². The Morgan fingerprint density at radius 3 is 2.88 bits per heavy atom. The summed E-state index contributed by atoms with van der Waals surface area (Å²) in [4.78, 5) is 0.976. The molecule has 1 rings (SSSR count). The predicted octanol–water partition coefficient (Wildman–Crippen LogP) is 1.47. The SMILES string of the molecule is C=CCNS(=O)(=O)CCSc1cccc(N)c1. The van der Waals surface area contributed by atoms with Crippen molar-refractivity contribution in [3.63, 3.8) is 0 Å². The Bertz CT molecular complexity index is 472. The lowest BCUT2D eigenvalue weighted by Crippen LogP contribution is -2.27. The molecule has 0 aliphatic heterocycles. The molecular weight excluding hydrogens is 256 g/mol. The standard InChI is InChI=1S/C11H16N2O2S2/c1-2-6-13-17(14,15)8-7-16-11-5-3-4-10(12)9-11/h2-5,9,13H,1,6-8,12H2. The van der Waals surface area contributed by atoms with E-state index in [0.717, 1.165) is 4.90 Å². The van der Waals surface area contributed by atoms with Crippen molar-refractivity contribution in [1.82, 2.24) is 4.72 Å². The van der Waals surface area contributed by atoms with E-state index in [4.69, 9.17) is 5.73 Å². The van der Waals surface area contributed by atoms with E-state index < -0.39 is 10.0 Å². The van der Waals surface area contributed by atoms with Crippen molar-refractivity contribution in [3.8, 4) is 0 Å². The summed E-state index contributed by atoms with van der Waals surface area (Å²) in [5.41, 5.74) is 6.31. The number of hydrogen-bond donors (Lipinski definition) is 2. The van der Waals surface area contributed by atoms with E-state index in [0.29, 0.717) is 11.4 Å². The number of sulfonamides is 1. The zero-order chi connectivity index (χ0) is 12.7. The molecule has 0 heterocycles. The molecule has 0 fully saturated rings. The minimum Gasteiger partial charge on any atom is -0.399 e. The van der Waals surface area contributed by atoms with Gasteiger partial charge in [-0.3, -0.25) is 0 Å².